The number of hydrogen-bond acceptors (Lipinski definition) is 8. The van der Waals surface area contributed by atoms with Gasteiger partial charge in [0.05, 0.1) is 18.7 Å². The minimum absolute atomic E-state index is 0. The second kappa shape index (κ2) is 14.8. The zero-order chi connectivity index (χ0) is 30.4. The van der Waals surface area contributed by atoms with Gasteiger partial charge in [-0.25, -0.2) is 9.18 Å². The molecule has 3 aromatic rings. The van der Waals surface area contributed by atoms with Crippen LogP contribution in [0.25, 0.3) is 0 Å². The molecule has 0 aliphatic carbocycles. The summed E-state index contributed by atoms with van der Waals surface area (Å²) in [5.41, 5.74) is 1.50. The Morgan fingerprint density at radius 3 is 2.21 bits per heavy atom. The monoisotopic (exact) mass is 614 g/mol. The zero-order valence-corrected chi connectivity index (χ0v) is 25.1. The van der Waals surface area contributed by atoms with E-state index in [9.17, 15) is 29.0 Å². The molecule has 43 heavy (non-hydrogen) atoms. The van der Waals surface area contributed by atoms with Crippen molar-refractivity contribution in [3.05, 3.63) is 87.7 Å². The van der Waals surface area contributed by atoms with E-state index >= 15 is 0 Å². The highest BCUT2D eigenvalue weighted by Gasteiger charge is 2.30. The van der Waals surface area contributed by atoms with Crippen LogP contribution in [0.15, 0.2) is 48.5 Å². The average Bonchev–Trinajstić information content (AvgIpc) is 3.21. The van der Waals surface area contributed by atoms with Gasteiger partial charge < -0.3 is 30.3 Å². The molecule has 0 unspecified atom stereocenters. The molecular weight excluding hydrogens is 579 g/mol. The van der Waals surface area contributed by atoms with Crippen LogP contribution in [0, 0.1) is 5.82 Å². The number of methoxy groups -OCH3 is 1. The Kier molecular flexibility index (Phi) is 11.5. The molecule has 1 aliphatic heterocycles. The number of ketones is 1. The van der Waals surface area contributed by atoms with Crippen molar-refractivity contribution in [1.82, 2.24) is 10.6 Å². The minimum Gasteiger partial charge on any atom is -0.507 e. The Hall–Kier alpha value is -4.15. The number of phenolic OH excluding ortho intramolecular Hbond substituents is 2. The van der Waals surface area contributed by atoms with Crippen molar-refractivity contribution in [3.63, 3.8) is 0 Å². The lowest BCUT2D eigenvalue weighted by molar-refractivity contribution is 0.0192. The first-order valence-electron chi connectivity index (χ1n) is 14.0. The quantitative estimate of drug-likeness (QED) is 0.201. The predicted octanol–water partition coefficient (Wildman–Crippen LogP) is 4.73. The molecule has 1 heterocycles. The molecule has 230 valence electrons. The van der Waals surface area contributed by atoms with E-state index in [0.29, 0.717) is 49.0 Å². The van der Waals surface area contributed by atoms with Crippen LogP contribution in [-0.2, 0) is 17.6 Å². The van der Waals surface area contributed by atoms with E-state index in [-0.39, 0.29) is 40.9 Å². The van der Waals surface area contributed by atoms with Gasteiger partial charge in [-0.3, -0.25) is 9.59 Å². The highest BCUT2D eigenvalue weighted by atomic mass is 35.5. The Morgan fingerprint density at radius 1 is 0.977 bits per heavy atom. The maximum Gasteiger partial charge on any atom is 0.338 e. The number of carbonyl (C=O) groups excluding carboxylic acids is 3. The molecule has 4 N–H and O–H groups in total. The van der Waals surface area contributed by atoms with Gasteiger partial charge in [-0.2, -0.15) is 0 Å². The molecule has 11 heteroatoms. The van der Waals surface area contributed by atoms with Gasteiger partial charge in [0.2, 0.25) is 0 Å². The zero-order valence-electron chi connectivity index (χ0n) is 24.2. The van der Waals surface area contributed by atoms with E-state index in [0.717, 1.165) is 6.42 Å². The van der Waals surface area contributed by atoms with Crippen LogP contribution in [0.2, 0.25) is 0 Å². The Labute approximate surface area is 255 Å². The van der Waals surface area contributed by atoms with Crippen molar-refractivity contribution in [1.29, 1.82) is 0 Å². The normalized spacial score (nSPS) is 16.4. The van der Waals surface area contributed by atoms with Crippen molar-refractivity contribution in [2.75, 3.05) is 20.2 Å². The summed E-state index contributed by atoms with van der Waals surface area (Å²) in [4.78, 5) is 39.2. The van der Waals surface area contributed by atoms with Crippen molar-refractivity contribution < 1.29 is 38.5 Å². The van der Waals surface area contributed by atoms with Crippen molar-refractivity contribution in [3.8, 4) is 17.2 Å². The number of carbonyl (C=O) groups is 3. The van der Waals surface area contributed by atoms with Gasteiger partial charge >= 0.3 is 5.97 Å². The van der Waals surface area contributed by atoms with E-state index in [1.54, 1.807) is 12.1 Å². The number of benzene rings is 3. The standard InChI is InChI=1S/C32H35FN2O7.ClH/c1-4-18-15-22(16-19(5-2)29(18)37)31(39)35-23-17-34-14-6-7-25(23)42-32(40)21-10-8-20(9-11-21)30(38)27-24(36)12-13-26(41-3)28(27)33;/h8-13,15-16,23,25,34,36-37H,4-7,14,17H2,1-3H3,(H,35,39);1H/t23-,25-;/m1./s1. The highest BCUT2D eigenvalue weighted by molar-refractivity contribution is 6.11. The first-order valence-corrected chi connectivity index (χ1v) is 14.0. The van der Waals surface area contributed by atoms with Crippen LogP contribution in [0.1, 0.15) is 74.5 Å². The number of nitrogens with one attached hydrogen (secondary N) is 2. The van der Waals surface area contributed by atoms with E-state index < -0.39 is 41.0 Å². The van der Waals surface area contributed by atoms with Crippen LogP contribution in [0.3, 0.4) is 0 Å². The number of esters is 1. The lowest BCUT2D eigenvalue weighted by Gasteiger charge is -2.26. The summed E-state index contributed by atoms with van der Waals surface area (Å²) in [6.45, 7) is 4.91. The molecule has 1 aliphatic rings. The van der Waals surface area contributed by atoms with Crippen LogP contribution in [-0.4, -0.2) is 60.2 Å². The van der Waals surface area contributed by atoms with E-state index in [4.69, 9.17) is 9.47 Å². The Balaban J connectivity index is 0.00000506. The summed E-state index contributed by atoms with van der Waals surface area (Å²) in [7, 11) is 1.25. The molecule has 3 aromatic carbocycles. The number of aryl methyl sites for hydroxylation is 2. The molecule has 0 bridgehead atoms. The highest BCUT2D eigenvalue weighted by Crippen LogP contribution is 2.30. The first kappa shape index (κ1) is 33.4. The maximum absolute atomic E-state index is 14.7. The molecule has 4 rings (SSSR count). The van der Waals surface area contributed by atoms with Gasteiger partial charge in [-0.05, 0) is 79.8 Å². The van der Waals surface area contributed by atoms with Gasteiger partial charge in [0, 0.05) is 17.7 Å². The number of ether oxygens (including phenoxy) is 2. The Bertz CT molecular complexity index is 1450. The van der Waals surface area contributed by atoms with Crippen LogP contribution in [0.4, 0.5) is 4.39 Å². The number of hydrogen-bond donors (Lipinski definition) is 4. The predicted molar refractivity (Wildman–Crippen MR) is 161 cm³/mol. The molecule has 0 radical (unpaired) electrons. The third-order valence-electron chi connectivity index (χ3n) is 7.44. The van der Waals surface area contributed by atoms with E-state index in [2.05, 4.69) is 10.6 Å². The molecule has 2 atom stereocenters. The molecule has 1 saturated heterocycles. The molecular formula is C32H36ClFN2O7. The maximum atomic E-state index is 14.7. The fourth-order valence-corrected chi connectivity index (χ4v) is 5.01. The third kappa shape index (κ3) is 7.44. The number of amides is 1. The number of halogens is 2. The van der Waals surface area contributed by atoms with Crippen LogP contribution < -0.4 is 15.4 Å². The summed E-state index contributed by atoms with van der Waals surface area (Å²) >= 11 is 0. The lowest BCUT2D eigenvalue weighted by Crippen LogP contribution is -2.49. The summed E-state index contributed by atoms with van der Waals surface area (Å²) < 4.78 is 25.4. The molecule has 0 spiro atoms. The average molecular weight is 615 g/mol. The topological polar surface area (TPSA) is 134 Å². The third-order valence-corrected chi connectivity index (χ3v) is 7.44. The fraction of sp³-hybridized carbons (Fsp3) is 0.344. The van der Waals surface area contributed by atoms with Gasteiger partial charge in [-0.1, -0.05) is 26.0 Å². The molecule has 1 amide bonds. The van der Waals surface area contributed by atoms with Crippen molar-refractivity contribution in [2.45, 2.75) is 51.7 Å². The molecule has 0 aromatic heterocycles. The van der Waals surface area contributed by atoms with Crippen molar-refractivity contribution in [2.24, 2.45) is 0 Å². The summed E-state index contributed by atoms with van der Waals surface area (Å²) in [6.07, 6.45) is 1.78. The molecule has 0 saturated carbocycles. The van der Waals surface area contributed by atoms with Crippen molar-refractivity contribution >= 4 is 30.1 Å². The number of phenols is 2. The van der Waals surface area contributed by atoms with Gasteiger partial charge in [0.15, 0.2) is 17.3 Å². The number of rotatable bonds is 9. The summed E-state index contributed by atoms with van der Waals surface area (Å²) in [5, 5.41) is 26.7. The second-order valence-corrected chi connectivity index (χ2v) is 10.1. The SMILES string of the molecule is CCc1cc(C(=O)N[C@@H]2CNCCC[C@H]2OC(=O)c2ccc(C(=O)c3c(O)ccc(OC)c3F)cc2)cc(CC)c1O.Cl. The van der Waals surface area contributed by atoms with E-state index in [1.807, 2.05) is 13.8 Å². The largest absolute Gasteiger partial charge is 0.507 e. The Morgan fingerprint density at radius 2 is 1.60 bits per heavy atom. The lowest BCUT2D eigenvalue weighted by atomic mass is 9.99. The van der Waals surface area contributed by atoms with Crippen LogP contribution in [0.5, 0.6) is 17.2 Å². The summed E-state index contributed by atoms with van der Waals surface area (Å²) in [5.74, 6) is -3.22. The molecule has 1 fully saturated rings. The number of aromatic hydroxyl groups is 2. The first-order chi connectivity index (χ1) is 20.2. The smallest absolute Gasteiger partial charge is 0.338 e. The van der Waals surface area contributed by atoms with Crippen LogP contribution >= 0.6 is 12.4 Å². The minimum atomic E-state index is -0.981. The summed E-state index contributed by atoms with van der Waals surface area (Å²) in [6, 6.07) is 10.7. The van der Waals surface area contributed by atoms with E-state index in [1.165, 1.54) is 43.5 Å². The van der Waals surface area contributed by atoms with Gasteiger partial charge in [0.25, 0.3) is 5.91 Å². The van der Waals surface area contributed by atoms with Gasteiger partial charge in [0.1, 0.15) is 23.2 Å². The van der Waals surface area contributed by atoms with Gasteiger partial charge in [-0.15, -0.1) is 12.4 Å². The fourth-order valence-electron chi connectivity index (χ4n) is 5.01. The second-order valence-electron chi connectivity index (χ2n) is 10.1. The molecule has 9 nitrogen and oxygen atoms in total.